The first-order valence-electron chi connectivity index (χ1n) is 24.4. The summed E-state index contributed by atoms with van der Waals surface area (Å²) in [5.74, 6) is 0.534. The lowest BCUT2D eigenvalue weighted by Gasteiger charge is -2.25. The molecule has 0 radical (unpaired) electrons. The molecule has 1 saturated carbocycles. The Morgan fingerprint density at radius 1 is 0.600 bits per heavy atom. The highest BCUT2D eigenvalue weighted by Gasteiger charge is 2.43. The lowest BCUT2D eigenvalue weighted by Crippen LogP contribution is -2.29. The second-order valence-corrected chi connectivity index (χ2v) is 18.5. The lowest BCUT2D eigenvalue weighted by molar-refractivity contribution is -0.156. The molecule has 0 bridgehead atoms. The van der Waals surface area contributed by atoms with E-state index < -0.39 is 5.41 Å². The fourth-order valence-electron chi connectivity index (χ4n) is 8.22. The minimum absolute atomic E-state index is 0.00383. The van der Waals surface area contributed by atoms with Crippen molar-refractivity contribution in [1.29, 1.82) is 0 Å². The summed E-state index contributed by atoms with van der Waals surface area (Å²) in [5.41, 5.74) is -0.192. The Balaban J connectivity index is 2.29. The number of esters is 2. The van der Waals surface area contributed by atoms with Crippen molar-refractivity contribution in [1.82, 2.24) is 4.90 Å². The normalized spacial score (nSPS) is 13.9. The molecule has 1 fully saturated rings. The van der Waals surface area contributed by atoms with E-state index in [9.17, 15) is 14.7 Å². The SMILES string of the molecule is CCCCCCCCCOC(=O)CC1(CCCCCN(CCCCO)CCCCCCC(C)(C)C(=O)OCC(CCCCCCC)CCCCCCC)CC1. The first-order chi connectivity index (χ1) is 26.7. The summed E-state index contributed by atoms with van der Waals surface area (Å²) in [6, 6.07) is 0. The zero-order valence-electron chi connectivity index (χ0n) is 37.7. The van der Waals surface area contributed by atoms with Gasteiger partial charge in [0.1, 0.15) is 0 Å². The molecule has 1 aliphatic rings. The standard InChI is InChI=1S/C49H95NO5/c1-6-9-12-15-16-21-31-42-54-46(52)43-49(36-37-49)35-26-22-28-39-50(40-29-30-41-51)38-27-20-19-25-34-48(4,5)47(53)55-44-45(32-23-17-13-10-7-2)33-24-18-14-11-8-3/h45,51H,6-44H2,1-5H3. The van der Waals surface area contributed by atoms with Crippen molar-refractivity contribution >= 4 is 11.9 Å². The maximum Gasteiger partial charge on any atom is 0.311 e. The van der Waals surface area contributed by atoms with Crippen LogP contribution in [0.2, 0.25) is 0 Å². The Bertz CT molecular complexity index is 873. The molecule has 6 heteroatoms. The molecule has 0 amide bonds. The Labute approximate surface area is 342 Å². The highest BCUT2D eigenvalue weighted by molar-refractivity contribution is 5.75. The van der Waals surface area contributed by atoms with Gasteiger partial charge in [0.15, 0.2) is 0 Å². The van der Waals surface area contributed by atoms with Crippen molar-refractivity contribution in [2.75, 3.05) is 39.5 Å². The molecule has 0 heterocycles. The third-order valence-electron chi connectivity index (χ3n) is 12.5. The molecular weight excluding hydrogens is 683 g/mol. The summed E-state index contributed by atoms with van der Waals surface area (Å²) < 4.78 is 11.6. The number of aliphatic hydroxyl groups excluding tert-OH is 1. The summed E-state index contributed by atoms with van der Waals surface area (Å²) in [6.45, 7) is 15.7. The smallest absolute Gasteiger partial charge is 0.311 e. The molecule has 1 aliphatic carbocycles. The summed E-state index contributed by atoms with van der Waals surface area (Å²) in [6.07, 6.45) is 39.3. The molecule has 0 aromatic carbocycles. The van der Waals surface area contributed by atoms with Crippen molar-refractivity contribution in [2.45, 2.75) is 247 Å². The maximum atomic E-state index is 13.2. The van der Waals surface area contributed by atoms with E-state index >= 15 is 0 Å². The quantitative estimate of drug-likeness (QED) is 0.0491. The van der Waals surface area contributed by atoms with Crippen LogP contribution in [0.3, 0.4) is 0 Å². The molecule has 1 rings (SSSR count). The van der Waals surface area contributed by atoms with E-state index in [-0.39, 0.29) is 24.0 Å². The van der Waals surface area contributed by atoms with Gasteiger partial charge in [0.2, 0.25) is 0 Å². The average molecular weight is 778 g/mol. The van der Waals surface area contributed by atoms with Gasteiger partial charge in [-0.1, -0.05) is 156 Å². The molecule has 6 nitrogen and oxygen atoms in total. The molecule has 0 aromatic rings. The molecule has 0 atom stereocenters. The predicted molar refractivity (Wildman–Crippen MR) is 235 cm³/mol. The van der Waals surface area contributed by atoms with Gasteiger partial charge in [0.25, 0.3) is 0 Å². The van der Waals surface area contributed by atoms with Crippen LogP contribution in [0.25, 0.3) is 0 Å². The highest BCUT2D eigenvalue weighted by atomic mass is 16.5. The van der Waals surface area contributed by atoms with Crippen molar-refractivity contribution < 1.29 is 24.2 Å². The second-order valence-electron chi connectivity index (χ2n) is 18.5. The van der Waals surface area contributed by atoms with Crippen LogP contribution >= 0.6 is 0 Å². The Morgan fingerprint density at radius 2 is 1.07 bits per heavy atom. The average Bonchev–Trinajstić information content (AvgIpc) is 3.93. The van der Waals surface area contributed by atoms with Crippen molar-refractivity contribution in [2.24, 2.45) is 16.7 Å². The number of carbonyl (C=O) groups is 2. The minimum atomic E-state index is -0.421. The van der Waals surface area contributed by atoms with Crippen LogP contribution in [0.15, 0.2) is 0 Å². The number of nitrogens with zero attached hydrogens (tertiary/aromatic N) is 1. The van der Waals surface area contributed by atoms with Gasteiger partial charge in [0, 0.05) is 6.61 Å². The molecule has 55 heavy (non-hydrogen) atoms. The molecule has 0 unspecified atom stereocenters. The van der Waals surface area contributed by atoms with Gasteiger partial charge in [-0.2, -0.15) is 0 Å². The van der Waals surface area contributed by atoms with Crippen molar-refractivity contribution in [3.05, 3.63) is 0 Å². The molecule has 0 saturated heterocycles. The molecule has 0 aromatic heterocycles. The molecule has 1 N–H and O–H groups in total. The second kappa shape index (κ2) is 34.9. The van der Waals surface area contributed by atoms with Crippen molar-refractivity contribution in [3.63, 3.8) is 0 Å². The largest absolute Gasteiger partial charge is 0.466 e. The van der Waals surface area contributed by atoms with Gasteiger partial charge in [-0.05, 0) is 115 Å². The summed E-state index contributed by atoms with van der Waals surface area (Å²) in [7, 11) is 0. The van der Waals surface area contributed by atoms with Crippen molar-refractivity contribution in [3.8, 4) is 0 Å². The maximum absolute atomic E-state index is 13.2. The summed E-state index contributed by atoms with van der Waals surface area (Å²) in [5, 5.41) is 9.35. The number of carbonyl (C=O) groups excluding carboxylic acids is 2. The molecule has 326 valence electrons. The number of rotatable bonds is 42. The van der Waals surface area contributed by atoms with Crippen LogP contribution < -0.4 is 0 Å². The van der Waals surface area contributed by atoms with E-state index in [1.54, 1.807) is 0 Å². The van der Waals surface area contributed by atoms with E-state index in [0.717, 1.165) is 64.6 Å². The van der Waals surface area contributed by atoms with E-state index in [4.69, 9.17) is 9.47 Å². The number of hydrogen-bond acceptors (Lipinski definition) is 6. The van der Waals surface area contributed by atoms with Gasteiger partial charge in [0.05, 0.1) is 25.0 Å². The van der Waals surface area contributed by atoms with Gasteiger partial charge in [-0.15, -0.1) is 0 Å². The van der Waals surface area contributed by atoms with Crippen LogP contribution in [0.5, 0.6) is 0 Å². The van der Waals surface area contributed by atoms with E-state index in [2.05, 4.69) is 39.5 Å². The van der Waals surface area contributed by atoms with E-state index in [0.29, 0.717) is 25.6 Å². The van der Waals surface area contributed by atoms with Gasteiger partial charge >= 0.3 is 11.9 Å². The third-order valence-corrected chi connectivity index (χ3v) is 12.5. The summed E-state index contributed by atoms with van der Waals surface area (Å²) >= 11 is 0. The van der Waals surface area contributed by atoms with Crippen LogP contribution in [-0.2, 0) is 19.1 Å². The van der Waals surface area contributed by atoms with Crippen LogP contribution in [0.4, 0.5) is 0 Å². The van der Waals surface area contributed by atoms with Gasteiger partial charge in [-0.25, -0.2) is 0 Å². The minimum Gasteiger partial charge on any atom is -0.466 e. The number of hydrogen-bond donors (Lipinski definition) is 1. The zero-order chi connectivity index (χ0) is 40.3. The fourth-order valence-corrected chi connectivity index (χ4v) is 8.22. The molecule has 0 spiro atoms. The Kier molecular flexibility index (Phi) is 32.9. The number of ether oxygens (including phenoxy) is 2. The Hall–Kier alpha value is -1.14. The van der Waals surface area contributed by atoms with Crippen LogP contribution in [0, 0.1) is 16.7 Å². The lowest BCUT2D eigenvalue weighted by atomic mass is 9.86. The first-order valence-corrected chi connectivity index (χ1v) is 24.4. The predicted octanol–water partition coefficient (Wildman–Crippen LogP) is 13.9. The van der Waals surface area contributed by atoms with E-state index in [1.807, 2.05) is 0 Å². The van der Waals surface area contributed by atoms with Gasteiger partial charge in [-0.3, -0.25) is 9.59 Å². The Morgan fingerprint density at radius 3 is 1.62 bits per heavy atom. The van der Waals surface area contributed by atoms with Crippen LogP contribution in [-0.4, -0.2) is 61.4 Å². The zero-order valence-corrected chi connectivity index (χ0v) is 37.7. The topological polar surface area (TPSA) is 76.1 Å². The fraction of sp³-hybridized carbons (Fsp3) is 0.959. The molecular formula is C49H95NO5. The van der Waals surface area contributed by atoms with Crippen LogP contribution in [0.1, 0.15) is 247 Å². The third kappa shape index (κ3) is 29.7. The van der Waals surface area contributed by atoms with Gasteiger partial charge < -0.3 is 19.5 Å². The highest BCUT2D eigenvalue weighted by Crippen LogP contribution is 2.53. The summed E-state index contributed by atoms with van der Waals surface area (Å²) in [4.78, 5) is 28.3. The molecule has 0 aliphatic heterocycles. The first kappa shape index (κ1) is 51.9. The monoisotopic (exact) mass is 778 g/mol. The number of unbranched alkanes of at least 4 members (excludes halogenated alkanes) is 20. The number of aliphatic hydroxyl groups is 1. The van der Waals surface area contributed by atoms with E-state index in [1.165, 1.54) is 161 Å².